The Hall–Kier alpha value is -1.84. The first kappa shape index (κ1) is 19.5. The molecule has 0 unspecified atom stereocenters. The third kappa shape index (κ3) is 5.32. The van der Waals surface area contributed by atoms with E-state index < -0.39 is 0 Å². The molecule has 1 aliphatic rings. The fraction of sp³-hybridized carbons (Fsp3) is 0.619. The number of nitrogens with zero attached hydrogens (tertiary/aromatic N) is 1. The van der Waals surface area contributed by atoms with Gasteiger partial charge in [0, 0.05) is 25.2 Å². The predicted octanol–water partition coefficient (Wildman–Crippen LogP) is 3.93. The molecule has 0 bridgehead atoms. The van der Waals surface area contributed by atoms with Gasteiger partial charge in [-0.05, 0) is 36.5 Å². The average molecular weight is 344 g/mol. The van der Waals surface area contributed by atoms with Gasteiger partial charge in [0.1, 0.15) is 0 Å². The van der Waals surface area contributed by atoms with Crippen LogP contribution in [0.4, 0.5) is 5.69 Å². The van der Waals surface area contributed by atoms with Crippen molar-refractivity contribution in [1.29, 1.82) is 0 Å². The molecule has 0 spiro atoms. The van der Waals surface area contributed by atoms with Gasteiger partial charge in [0.25, 0.3) is 0 Å². The van der Waals surface area contributed by atoms with Crippen molar-refractivity contribution in [3.05, 3.63) is 29.8 Å². The van der Waals surface area contributed by atoms with Crippen molar-refractivity contribution in [1.82, 2.24) is 5.32 Å². The lowest BCUT2D eigenvalue weighted by atomic mass is 9.99. The molecule has 25 heavy (non-hydrogen) atoms. The molecular weight excluding hydrogens is 312 g/mol. The van der Waals surface area contributed by atoms with E-state index in [4.69, 9.17) is 0 Å². The van der Waals surface area contributed by atoms with Gasteiger partial charge in [-0.15, -0.1) is 0 Å². The fourth-order valence-corrected chi connectivity index (χ4v) is 3.38. The number of amides is 2. The van der Waals surface area contributed by atoms with Crippen LogP contribution < -0.4 is 10.2 Å². The molecule has 2 rings (SSSR count). The summed E-state index contributed by atoms with van der Waals surface area (Å²) in [4.78, 5) is 26.5. The third-order valence-electron chi connectivity index (χ3n) is 5.26. The number of rotatable bonds is 9. The molecule has 0 saturated carbocycles. The molecule has 1 aromatic rings. The van der Waals surface area contributed by atoms with E-state index in [0.717, 1.165) is 31.5 Å². The summed E-state index contributed by atoms with van der Waals surface area (Å²) in [5.74, 6) is 0.374. The molecule has 1 N–H and O–H groups in total. The lowest BCUT2D eigenvalue weighted by molar-refractivity contribution is -0.126. The maximum absolute atomic E-state index is 12.5. The Bertz CT molecular complexity index is 568. The Labute approximate surface area is 152 Å². The van der Waals surface area contributed by atoms with E-state index in [9.17, 15) is 9.59 Å². The van der Waals surface area contributed by atoms with Gasteiger partial charge in [0.15, 0.2) is 0 Å². The third-order valence-corrected chi connectivity index (χ3v) is 5.26. The first-order valence-electron chi connectivity index (χ1n) is 9.75. The lowest BCUT2D eigenvalue weighted by Crippen LogP contribution is -2.35. The van der Waals surface area contributed by atoms with Crippen molar-refractivity contribution in [2.75, 3.05) is 18.0 Å². The Morgan fingerprint density at radius 3 is 2.56 bits per heavy atom. The van der Waals surface area contributed by atoms with Crippen LogP contribution in [-0.4, -0.2) is 24.9 Å². The summed E-state index contributed by atoms with van der Waals surface area (Å²) in [6.45, 7) is 7.69. The van der Waals surface area contributed by atoms with E-state index in [1.54, 1.807) is 4.90 Å². The zero-order chi connectivity index (χ0) is 18.2. The summed E-state index contributed by atoms with van der Waals surface area (Å²) in [6, 6.07) is 8.06. The largest absolute Gasteiger partial charge is 0.356 e. The number of anilines is 1. The number of nitrogens with one attached hydrogen (secondary N) is 1. The smallest absolute Gasteiger partial charge is 0.227 e. The van der Waals surface area contributed by atoms with E-state index in [1.165, 1.54) is 18.4 Å². The molecule has 0 aliphatic carbocycles. The SMILES string of the molecule is CCCC[C@H](CC)CNC(=O)[C@@H]1CC(=O)N(c2ccc(CC)cc2)C1. The molecule has 1 heterocycles. The first-order chi connectivity index (χ1) is 12.1. The molecule has 2 amide bonds. The van der Waals surface area contributed by atoms with E-state index in [2.05, 4.69) is 38.2 Å². The molecular formula is C21H32N2O2. The Morgan fingerprint density at radius 1 is 1.24 bits per heavy atom. The molecule has 2 atom stereocenters. The van der Waals surface area contributed by atoms with Crippen LogP contribution in [0.3, 0.4) is 0 Å². The zero-order valence-corrected chi connectivity index (χ0v) is 15.9. The summed E-state index contributed by atoms with van der Waals surface area (Å²) in [5.41, 5.74) is 2.15. The summed E-state index contributed by atoms with van der Waals surface area (Å²) >= 11 is 0. The molecule has 1 aliphatic heterocycles. The highest BCUT2D eigenvalue weighted by Crippen LogP contribution is 2.25. The normalized spacial score (nSPS) is 18.4. The van der Waals surface area contributed by atoms with Gasteiger partial charge in [-0.3, -0.25) is 9.59 Å². The van der Waals surface area contributed by atoms with Gasteiger partial charge >= 0.3 is 0 Å². The van der Waals surface area contributed by atoms with E-state index in [0.29, 0.717) is 18.9 Å². The van der Waals surface area contributed by atoms with Gasteiger partial charge in [0.2, 0.25) is 11.8 Å². The summed E-state index contributed by atoms with van der Waals surface area (Å²) < 4.78 is 0. The van der Waals surface area contributed by atoms with Crippen LogP contribution >= 0.6 is 0 Å². The highest BCUT2D eigenvalue weighted by molar-refractivity contribution is 6.00. The minimum absolute atomic E-state index is 0.0241. The summed E-state index contributed by atoms with van der Waals surface area (Å²) in [5, 5.41) is 3.08. The minimum atomic E-state index is -0.234. The number of hydrogen-bond donors (Lipinski definition) is 1. The number of carbonyl (C=O) groups is 2. The van der Waals surface area contributed by atoms with Crippen LogP contribution in [0.2, 0.25) is 0 Å². The van der Waals surface area contributed by atoms with E-state index >= 15 is 0 Å². The fourth-order valence-electron chi connectivity index (χ4n) is 3.38. The molecule has 4 heteroatoms. The molecule has 0 aromatic heterocycles. The van der Waals surface area contributed by atoms with Gasteiger partial charge < -0.3 is 10.2 Å². The molecule has 1 aromatic carbocycles. The quantitative estimate of drug-likeness (QED) is 0.738. The molecule has 4 nitrogen and oxygen atoms in total. The lowest BCUT2D eigenvalue weighted by Gasteiger charge is -2.18. The maximum Gasteiger partial charge on any atom is 0.227 e. The van der Waals surface area contributed by atoms with Crippen LogP contribution in [0.25, 0.3) is 0 Å². The van der Waals surface area contributed by atoms with Crippen molar-refractivity contribution in [3.8, 4) is 0 Å². The van der Waals surface area contributed by atoms with Crippen molar-refractivity contribution < 1.29 is 9.59 Å². The number of benzene rings is 1. The highest BCUT2D eigenvalue weighted by atomic mass is 16.2. The van der Waals surface area contributed by atoms with Crippen LogP contribution in [0, 0.1) is 11.8 Å². The van der Waals surface area contributed by atoms with Crippen molar-refractivity contribution >= 4 is 17.5 Å². The standard InChI is InChI=1S/C21H32N2O2/c1-4-7-8-17(6-3)14-22-21(25)18-13-20(24)23(15-18)19-11-9-16(5-2)10-12-19/h9-12,17-18H,4-8,13-15H2,1-3H3,(H,22,25)/t17-,18+/m0/s1. The van der Waals surface area contributed by atoms with Crippen molar-refractivity contribution in [3.63, 3.8) is 0 Å². The summed E-state index contributed by atoms with van der Waals surface area (Å²) in [7, 11) is 0. The highest BCUT2D eigenvalue weighted by Gasteiger charge is 2.35. The number of carbonyl (C=O) groups excluding carboxylic acids is 2. The minimum Gasteiger partial charge on any atom is -0.356 e. The van der Waals surface area contributed by atoms with Crippen LogP contribution in [0.5, 0.6) is 0 Å². The van der Waals surface area contributed by atoms with Gasteiger partial charge in [-0.1, -0.05) is 52.2 Å². The second-order valence-electron chi connectivity index (χ2n) is 7.09. The monoisotopic (exact) mass is 344 g/mol. The second kappa shape index (κ2) is 9.59. The Morgan fingerprint density at radius 2 is 1.96 bits per heavy atom. The van der Waals surface area contributed by atoms with E-state index in [1.807, 2.05) is 12.1 Å². The van der Waals surface area contributed by atoms with E-state index in [-0.39, 0.29) is 17.7 Å². The van der Waals surface area contributed by atoms with Gasteiger partial charge in [0.05, 0.1) is 5.92 Å². The topological polar surface area (TPSA) is 49.4 Å². The number of unbranched alkanes of at least 4 members (excludes halogenated alkanes) is 1. The predicted molar refractivity (Wildman–Crippen MR) is 103 cm³/mol. The van der Waals surface area contributed by atoms with Crippen molar-refractivity contribution in [2.24, 2.45) is 11.8 Å². The van der Waals surface area contributed by atoms with Gasteiger partial charge in [-0.2, -0.15) is 0 Å². The second-order valence-corrected chi connectivity index (χ2v) is 7.09. The molecule has 1 saturated heterocycles. The molecule has 0 radical (unpaired) electrons. The molecule has 138 valence electrons. The van der Waals surface area contributed by atoms with Crippen LogP contribution in [0.15, 0.2) is 24.3 Å². The first-order valence-corrected chi connectivity index (χ1v) is 9.75. The van der Waals surface area contributed by atoms with Crippen LogP contribution in [0.1, 0.15) is 58.4 Å². The Balaban J connectivity index is 1.88. The van der Waals surface area contributed by atoms with Crippen LogP contribution in [-0.2, 0) is 16.0 Å². The number of aryl methyl sites for hydroxylation is 1. The average Bonchev–Trinajstić information content (AvgIpc) is 3.03. The Kier molecular flexibility index (Phi) is 7.48. The number of hydrogen-bond acceptors (Lipinski definition) is 2. The summed E-state index contributed by atoms with van der Waals surface area (Å²) in [6.07, 6.45) is 5.93. The van der Waals surface area contributed by atoms with Crippen molar-refractivity contribution in [2.45, 2.75) is 59.3 Å². The zero-order valence-electron chi connectivity index (χ0n) is 15.9. The molecule has 1 fully saturated rings. The van der Waals surface area contributed by atoms with Gasteiger partial charge in [-0.25, -0.2) is 0 Å². The maximum atomic E-state index is 12.5.